The van der Waals surface area contributed by atoms with E-state index in [2.05, 4.69) is 9.68 Å². The number of hydrogen-bond acceptors (Lipinski definition) is 6. The molecule has 0 aliphatic heterocycles. The number of benzene rings is 2. The second-order valence-electron chi connectivity index (χ2n) is 3.32. The Morgan fingerprint density at radius 1 is 0.900 bits per heavy atom. The third-order valence-electron chi connectivity index (χ3n) is 2.02. The lowest BCUT2D eigenvalue weighted by atomic mass is 10.1. The molecule has 0 aliphatic carbocycles. The summed E-state index contributed by atoms with van der Waals surface area (Å²) in [4.78, 5) is 25.7. The van der Waals surface area contributed by atoms with Crippen molar-refractivity contribution in [2.24, 2.45) is 0 Å². The number of rotatable bonds is 2. The first-order chi connectivity index (χ1) is 9.50. The third kappa shape index (κ3) is 5.10. The molecular weight excluding hydrogens is 270 g/mol. The Kier molecular flexibility index (Phi) is 5.60. The van der Waals surface area contributed by atoms with Crippen molar-refractivity contribution in [3.63, 3.8) is 0 Å². The molecule has 0 radical (unpaired) electrons. The average Bonchev–Trinajstić information content (AvgIpc) is 2.39. The molecule has 0 unspecified atom stereocenters. The molecule has 0 saturated carbocycles. The topological polar surface area (TPSA) is 125 Å². The molecule has 2 rings (SSSR count). The zero-order valence-electron chi connectivity index (χ0n) is 10.0. The van der Waals surface area contributed by atoms with Crippen molar-refractivity contribution < 1.29 is 34.6 Å². The van der Waals surface area contributed by atoms with Crippen LogP contribution in [0.2, 0.25) is 0 Å². The monoisotopic (exact) mass is 281 g/mol. The fourth-order valence-corrected chi connectivity index (χ4v) is 1.30. The van der Waals surface area contributed by atoms with Gasteiger partial charge in [0.05, 0.1) is 0 Å². The van der Waals surface area contributed by atoms with Gasteiger partial charge in [-0.3, -0.25) is 0 Å². The van der Waals surface area contributed by atoms with Crippen LogP contribution in [-0.2, 0) is 9.68 Å². The van der Waals surface area contributed by atoms with Crippen LogP contribution < -0.4 is 5.64 Å². The number of carboxylic acid groups (broad SMARTS) is 2. The molecule has 2 aromatic carbocycles. The first-order valence-corrected chi connectivity index (χ1v) is 5.22. The fourth-order valence-electron chi connectivity index (χ4n) is 1.30. The fraction of sp³-hybridized carbons (Fsp3) is 0. The van der Waals surface area contributed by atoms with E-state index < -0.39 is 12.3 Å². The van der Waals surface area contributed by atoms with Crippen LogP contribution in [0.3, 0.4) is 0 Å². The molecule has 0 saturated heterocycles. The van der Waals surface area contributed by atoms with Gasteiger partial charge < -0.3 is 25.0 Å². The quantitative estimate of drug-likeness (QED) is 0.618. The van der Waals surface area contributed by atoms with Crippen LogP contribution in [0.1, 0.15) is 0 Å². The van der Waals surface area contributed by atoms with Gasteiger partial charge in [0.2, 0.25) is 0 Å². The van der Waals surface area contributed by atoms with Gasteiger partial charge in [0.1, 0.15) is 5.75 Å². The summed E-state index contributed by atoms with van der Waals surface area (Å²) in [6, 6.07) is 13.3. The van der Waals surface area contributed by atoms with E-state index in [9.17, 15) is 14.7 Å². The second-order valence-corrected chi connectivity index (χ2v) is 3.32. The molecule has 0 amide bonds. The molecule has 0 atom stereocenters. The molecule has 0 aromatic heterocycles. The molecule has 0 heterocycles. The zero-order valence-corrected chi connectivity index (χ0v) is 10.0. The Bertz CT molecular complexity index is 580. The van der Waals surface area contributed by atoms with Crippen molar-refractivity contribution in [2.75, 3.05) is 0 Å². The van der Waals surface area contributed by atoms with Crippen LogP contribution in [0.5, 0.6) is 5.75 Å². The largest absolute Gasteiger partial charge is 0.527 e. The summed E-state index contributed by atoms with van der Waals surface area (Å²) in [6.07, 6.45) is -3.37. The molecular formula is C12H11NO7. The van der Waals surface area contributed by atoms with Crippen molar-refractivity contribution in [2.45, 2.75) is 0 Å². The predicted molar refractivity (Wildman–Crippen MR) is 67.0 cm³/mol. The standard InChI is InChI=1S/C10H8O.C2H3NO6/c11-10-7-3-5-8-4-1-2-6-9(8)10;4-1(5)8-3-9-2(6)7/h1-7,11H;3H,(H,4,5)(H,6,7). The molecule has 0 spiro atoms. The summed E-state index contributed by atoms with van der Waals surface area (Å²) in [7, 11) is 0. The number of fused-ring (bicyclic) bond motifs is 1. The van der Waals surface area contributed by atoms with Crippen molar-refractivity contribution in [3.05, 3.63) is 42.5 Å². The highest BCUT2D eigenvalue weighted by molar-refractivity contribution is 5.87. The van der Waals surface area contributed by atoms with Crippen molar-refractivity contribution in [1.82, 2.24) is 5.64 Å². The van der Waals surface area contributed by atoms with Crippen molar-refractivity contribution in [1.29, 1.82) is 0 Å². The zero-order chi connectivity index (χ0) is 15.0. The van der Waals surface area contributed by atoms with Gasteiger partial charge in [0.25, 0.3) is 0 Å². The first-order valence-electron chi connectivity index (χ1n) is 5.22. The highest BCUT2D eigenvalue weighted by Gasteiger charge is 1.98. The summed E-state index contributed by atoms with van der Waals surface area (Å²) < 4.78 is 0. The second kappa shape index (κ2) is 7.44. The highest BCUT2D eigenvalue weighted by Crippen LogP contribution is 2.22. The molecule has 0 bridgehead atoms. The van der Waals surface area contributed by atoms with Gasteiger partial charge in [-0.1, -0.05) is 36.4 Å². The minimum absolute atomic E-state index is 0.350. The lowest BCUT2D eigenvalue weighted by Crippen LogP contribution is -2.21. The summed E-state index contributed by atoms with van der Waals surface area (Å²) in [5, 5.41) is 26.7. The van der Waals surface area contributed by atoms with E-state index in [1.807, 2.05) is 36.4 Å². The number of phenolic OH excluding ortho intramolecular Hbond substituents is 1. The van der Waals surface area contributed by atoms with Gasteiger partial charge in [0.15, 0.2) is 0 Å². The van der Waals surface area contributed by atoms with Gasteiger partial charge in [0, 0.05) is 11.0 Å². The van der Waals surface area contributed by atoms with E-state index in [0.717, 1.165) is 10.8 Å². The molecule has 20 heavy (non-hydrogen) atoms. The summed E-state index contributed by atoms with van der Waals surface area (Å²) in [5.41, 5.74) is 1.19. The Hall–Kier alpha value is -3.00. The van der Waals surface area contributed by atoms with Gasteiger partial charge >= 0.3 is 12.3 Å². The Morgan fingerprint density at radius 2 is 1.45 bits per heavy atom. The van der Waals surface area contributed by atoms with E-state index >= 15 is 0 Å². The minimum atomic E-state index is -1.68. The average molecular weight is 281 g/mol. The van der Waals surface area contributed by atoms with Gasteiger partial charge in [-0.05, 0) is 11.5 Å². The number of phenols is 1. The summed E-state index contributed by atoms with van der Waals surface area (Å²) in [5.74, 6) is 0.350. The van der Waals surface area contributed by atoms with Crippen LogP contribution in [0.15, 0.2) is 42.5 Å². The summed E-state index contributed by atoms with van der Waals surface area (Å²) >= 11 is 0. The normalized spacial score (nSPS) is 9.20. The number of hydrogen-bond donors (Lipinski definition) is 4. The molecule has 0 aliphatic rings. The van der Waals surface area contributed by atoms with Crippen molar-refractivity contribution in [3.8, 4) is 5.75 Å². The third-order valence-corrected chi connectivity index (χ3v) is 2.02. The van der Waals surface area contributed by atoms with Crippen LogP contribution >= 0.6 is 0 Å². The number of nitrogens with one attached hydrogen (secondary N) is 1. The van der Waals surface area contributed by atoms with Crippen LogP contribution in [0, 0.1) is 0 Å². The van der Waals surface area contributed by atoms with E-state index in [0.29, 0.717) is 5.75 Å². The Balaban J connectivity index is 0.000000206. The molecule has 2 aromatic rings. The Labute approximate surface area is 112 Å². The SMILES string of the molecule is O=C(O)ONOC(=O)O.Oc1cccc2ccccc12. The van der Waals surface area contributed by atoms with Crippen LogP contribution in [-0.4, -0.2) is 27.6 Å². The first kappa shape index (κ1) is 15.1. The van der Waals surface area contributed by atoms with Gasteiger partial charge in [-0.25, -0.2) is 9.59 Å². The number of aromatic hydroxyl groups is 1. The van der Waals surface area contributed by atoms with E-state index in [4.69, 9.17) is 10.2 Å². The van der Waals surface area contributed by atoms with E-state index in [1.54, 1.807) is 6.07 Å². The molecule has 8 nitrogen and oxygen atoms in total. The maximum Gasteiger partial charge on any atom is 0.527 e. The van der Waals surface area contributed by atoms with Crippen molar-refractivity contribution >= 4 is 23.1 Å². The van der Waals surface area contributed by atoms with E-state index in [-0.39, 0.29) is 0 Å². The molecule has 0 fully saturated rings. The lowest BCUT2D eigenvalue weighted by Gasteiger charge is -1.97. The highest BCUT2D eigenvalue weighted by atomic mass is 17.0. The van der Waals surface area contributed by atoms with E-state index in [1.165, 1.54) is 5.64 Å². The maximum atomic E-state index is 9.42. The lowest BCUT2D eigenvalue weighted by molar-refractivity contribution is -0.113. The smallest absolute Gasteiger partial charge is 0.507 e. The predicted octanol–water partition coefficient (Wildman–Crippen LogP) is 2.34. The molecule has 4 N–H and O–H groups in total. The molecule has 8 heteroatoms. The van der Waals surface area contributed by atoms with Gasteiger partial charge in [-0.2, -0.15) is 0 Å². The Morgan fingerprint density at radius 3 is 2.00 bits per heavy atom. The summed E-state index contributed by atoms with van der Waals surface area (Å²) in [6.45, 7) is 0. The maximum absolute atomic E-state index is 9.42. The number of carbonyl (C=O) groups is 2. The van der Waals surface area contributed by atoms with Crippen LogP contribution in [0.25, 0.3) is 10.8 Å². The van der Waals surface area contributed by atoms with Gasteiger partial charge in [-0.15, -0.1) is 0 Å². The minimum Gasteiger partial charge on any atom is -0.507 e. The molecule has 106 valence electrons. The van der Waals surface area contributed by atoms with Crippen LogP contribution in [0.4, 0.5) is 9.59 Å².